The molecule has 1 rings (SSSR count). The maximum Gasteiger partial charge on any atom is 0.446 e. The first-order chi connectivity index (χ1) is 6.92. The number of rotatable bonds is 3. The summed E-state index contributed by atoms with van der Waals surface area (Å²) in [5, 5.41) is 0. The zero-order valence-corrected chi connectivity index (χ0v) is 11.0. The molecule has 1 aromatic carbocycles. The van der Waals surface area contributed by atoms with Gasteiger partial charge in [0, 0.05) is 14.3 Å². The van der Waals surface area contributed by atoms with Gasteiger partial charge in [0.1, 0.15) is 0 Å². The van der Waals surface area contributed by atoms with Crippen LogP contribution in [0.25, 0.3) is 0 Å². The molecule has 84 valence electrons. The Hall–Kier alpha value is 0.190. The van der Waals surface area contributed by atoms with Crippen LogP contribution in [0.5, 0.6) is 0 Å². The van der Waals surface area contributed by atoms with E-state index in [0.29, 0.717) is 0 Å². The van der Waals surface area contributed by atoms with Crippen LogP contribution in [0.4, 0.5) is 13.2 Å². The Labute approximate surface area is 103 Å². The lowest BCUT2D eigenvalue weighted by molar-refractivity contribution is -0.0328. The fraction of sp³-hybridized carbons (Fsp3) is 0.333. The molecule has 0 saturated heterocycles. The summed E-state index contributed by atoms with van der Waals surface area (Å²) in [6, 6.07) is 4.66. The molecule has 0 saturated carbocycles. The Kier molecular flexibility index (Phi) is 4.86. The van der Waals surface area contributed by atoms with Crippen molar-refractivity contribution in [1.29, 1.82) is 0 Å². The monoisotopic (exact) mass is 316 g/mol. The van der Waals surface area contributed by atoms with Crippen LogP contribution < -0.4 is 0 Å². The molecule has 0 aliphatic rings. The van der Waals surface area contributed by atoms with E-state index < -0.39 is 5.51 Å². The second-order valence-corrected chi connectivity index (χ2v) is 5.87. The summed E-state index contributed by atoms with van der Waals surface area (Å²) in [6.07, 6.45) is 0. The third kappa shape index (κ3) is 4.70. The molecular formula is C9H8BrF3S2. The zero-order chi connectivity index (χ0) is 11.5. The molecule has 0 aromatic heterocycles. The maximum atomic E-state index is 12.1. The minimum absolute atomic E-state index is 0.0847. The predicted octanol–water partition coefficient (Wildman–Crippen LogP) is 5.17. The van der Waals surface area contributed by atoms with E-state index in [4.69, 9.17) is 0 Å². The molecular weight excluding hydrogens is 309 g/mol. The van der Waals surface area contributed by atoms with Gasteiger partial charge in [0.05, 0.1) is 0 Å². The molecule has 0 radical (unpaired) electrons. The highest BCUT2D eigenvalue weighted by Crippen LogP contribution is 2.39. The predicted molar refractivity (Wildman–Crippen MR) is 62.5 cm³/mol. The van der Waals surface area contributed by atoms with E-state index in [-0.39, 0.29) is 16.7 Å². The molecule has 0 fully saturated rings. The molecule has 0 atom stereocenters. The summed E-state index contributed by atoms with van der Waals surface area (Å²) in [5.74, 6) is 0.832. The highest BCUT2D eigenvalue weighted by Gasteiger charge is 2.29. The van der Waals surface area contributed by atoms with Gasteiger partial charge in [-0.1, -0.05) is 6.92 Å². The van der Waals surface area contributed by atoms with Crippen LogP contribution in [0.15, 0.2) is 32.5 Å². The third-order valence-corrected chi connectivity index (χ3v) is 4.05. The van der Waals surface area contributed by atoms with Crippen molar-refractivity contribution in [2.45, 2.75) is 22.2 Å². The quantitative estimate of drug-likeness (QED) is 0.705. The Morgan fingerprint density at radius 1 is 1.33 bits per heavy atom. The number of hydrogen-bond acceptors (Lipinski definition) is 2. The van der Waals surface area contributed by atoms with Gasteiger partial charge < -0.3 is 0 Å². The lowest BCUT2D eigenvalue weighted by atomic mass is 10.4. The van der Waals surface area contributed by atoms with Gasteiger partial charge in [-0.05, 0) is 51.6 Å². The summed E-state index contributed by atoms with van der Waals surface area (Å²) in [7, 11) is 0. The van der Waals surface area contributed by atoms with Gasteiger partial charge in [0.25, 0.3) is 0 Å². The highest BCUT2D eigenvalue weighted by molar-refractivity contribution is 9.10. The van der Waals surface area contributed by atoms with Crippen molar-refractivity contribution in [2.75, 3.05) is 5.75 Å². The van der Waals surface area contributed by atoms with Crippen molar-refractivity contribution in [3.63, 3.8) is 0 Å². The van der Waals surface area contributed by atoms with Crippen molar-refractivity contribution in [2.24, 2.45) is 0 Å². The summed E-state index contributed by atoms with van der Waals surface area (Å²) in [4.78, 5) is 1.06. The largest absolute Gasteiger partial charge is 0.446 e. The second kappa shape index (κ2) is 5.50. The van der Waals surface area contributed by atoms with E-state index in [1.54, 1.807) is 12.1 Å². The van der Waals surface area contributed by atoms with Crippen LogP contribution in [0.1, 0.15) is 6.92 Å². The molecule has 0 amide bonds. The first-order valence-corrected chi connectivity index (χ1v) is 6.70. The van der Waals surface area contributed by atoms with E-state index in [1.165, 1.54) is 17.8 Å². The molecule has 0 aliphatic heterocycles. The van der Waals surface area contributed by atoms with E-state index in [9.17, 15) is 13.2 Å². The van der Waals surface area contributed by atoms with Crippen molar-refractivity contribution >= 4 is 39.5 Å². The van der Waals surface area contributed by atoms with Gasteiger partial charge in [-0.2, -0.15) is 13.2 Å². The van der Waals surface area contributed by atoms with Gasteiger partial charge >= 0.3 is 5.51 Å². The molecule has 1 aromatic rings. The third-order valence-electron chi connectivity index (χ3n) is 1.44. The first-order valence-electron chi connectivity index (χ1n) is 4.10. The molecule has 0 aliphatic carbocycles. The van der Waals surface area contributed by atoms with E-state index in [2.05, 4.69) is 15.9 Å². The summed E-state index contributed by atoms with van der Waals surface area (Å²) >= 11 is 4.73. The minimum atomic E-state index is -4.22. The Balaban J connectivity index is 2.87. The average Bonchev–Trinajstić information content (AvgIpc) is 2.09. The number of benzene rings is 1. The van der Waals surface area contributed by atoms with Crippen molar-refractivity contribution in [3.05, 3.63) is 22.7 Å². The van der Waals surface area contributed by atoms with Crippen LogP contribution in [-0.4, -0.2) is 11.3 Å². The van der Waals surface area contributed by atoms with E-state index in [0.717, 1.165) is 15.1 Å². The first kappa shape index (κ1) is 13.3. The fourth-order valence-corrected chi connectivity index (χ4v) is 2.92. The molecule has 0 nitrogen and oxygen atoms in total. The zero-order valence-electron chi connectivity index (χ0n) is 7.77. The van der Waals surface area contributed by atoms with Crippen LogP contribution in [0.3, 0.4) is 0 Å². The smallest absolute Gasteiger partial charge is 0.160 e. The van der Waals surface area contributed by atoms with Gasteiger partial charge in [-0.25, -0.2) is 0 Å². The van der Waals surface area contributed by atoms with Crippen molar-refractivity contribution in [1.82, 2.24) is 0 Å². The van der Waals surface area contributed by atoms with Gasteiger partial charge in [-0.3, -0.25) is 0 Å². The molecule has 6 heteroatoms. The van der Waals surface area contributed by atoms with E-state index >= 15 is 0 Å². The summed E-state index contributed by atoms with van der Waals surface area (Å²) in [5.41, 5.74) is -4.22. The highest BCUT2D eigenvalue weighted by atomic mass is 79.9. The fourth-order valence-electron chi connectivity index (χ4n) is 0.947. The molecule has 0 heterocycles. The number of hydrogen-bond donors (Lipinski definition) is 0. The van der Waals surface area contributed by atoms with Crippen LogP contribution in [0, 0.1) is 0 Å². The number of halogens is 4. The Morgan fingerprint density at radius 3 is 2.53 bits per heavy atom. The molecule has 15 heavy (non-hydrogen) atoms. The molecule has 0 N–H and O–H groups in total. The van der Waals surface area contributed by atoms with Gasteiger partial charge in [-0.15, -0.1) is 11.8 Å². The Bertz CT molecular complexity index is 339. The Morgan fingerprint density at radius 2 is 2.00 bits per heavy atom. The van der Waals surface area contributed by atoms with Crippen LogP contribution in [-0.2, 0) is 0 Å². The van der Waals surface area contributed by atoms with Crippen LogP contribution >= 0.6 is 39.5 Å². The molecule has 0 unspecified atom stereocenters. The summed E-state index contributed by atoms with van der Waals surface area (Å²) in [6.45, 7) is 1.96. The standard InChI is InChI=1S/C9H8BrF3S2/c1-2-14-8-5-6(3-4-7(8)10)15-9(11,12)13/h3-5H,2H2,1H3. The van der Waals surface area contributed by atoms with Gasteiger partial charge in [0.2, 0.25) is 0 Å². The molecule has 0 bridgehead atoms. The van der Waals surface area contributed by atoms with Gasteiger partial charge in [0.15, 0.2) is 0 Å². The lowest BCUT2D eigenvalue weighted by Crippen LogP contribution is -1.98. The van der Waals surface area contributed by atoms with Crippen molar-refractivity contribution < 1.29 is 13.2 Å². The van der Waals surface area contributed by atoms with Crippen molar-refractivity contribution in [3.8, 4) is 0 Å². The average molecular weight is 317 g/mol. The minimum Gasteiger partial charge on any atom is -0.160 e. The number of thioether (sulfide) groups is 2. The normalized spacial score (nSPS) is 11.8. The van der Waals surface area contributed by atoms with Crippen LogP contribution in [0.2, 0.25) is 0 Å². The second-order valence-electron chi connectivity index (χ2n) is 2.57. The maximum absolute atomic E-state index is 12.1. The lowest BCUT2D eigenvalue weighted by Gasteiger charge is -2.08. The summed E-state index contributed by atoms with van der Waals surface area (Å²) < 4.78 is 37.1. The SMILES string of the molecule is CCSc1cc(SC(F)(F)F)ccc1Br. The molecule has 0 spiro atoms. The number of alkyl halides is 3. The van der Waals surface area contributed by atoms with E-state index in [1.807, 2.05) is 6.92 Å². The topological polar surface area (TPSA) is 0 Å².